The lowest BCUT2D eigenvalue weighted by atomic mass is 10.0. The summed E-state index contributed by atoms with van der Waals surface area (Å²) in [7, 11) is -3.47. The number of hydrogen-bond acceptors (Lipinski definition) is 4. The maximum atomic E-state index is 15.0. The van der Waals surface area contributed by atoms with Crippen molar-refractivity contribution in [3.8, 4) is 0 Å². The number of aryl methyl sites for hydroxylation is 1. The number of pyridine rings is 1. The van der Waals surface area contributed by atoms with E-state index in [9.17, 15) is 18.1 Å². The average Bonchev–Trinajstić information content (AvgIpc) is 3.19. The molecule has 4 heterocycles. The second kappa shape index (κ2) is 8.69. The van der Waals surface area contributed by atoms with Gasteiger partial charge in [0.25, 0.3) is 5.92 Å². The number of amides is 1. The summed E-state index contributed by atoms with van der Waals surface area (Å²) in [6.07, 6.45) is 4.67. The van der Waals surface area contributed by atoms with E-state index in [0.717, 1.165) is 44.5 Å². The Morgan fingerprint density at radius 2 is 1.92 bits per heavy atom. The van der Waals surface area contributed by atoms with Crippen molar-refractivity contribution in [3.05, 3.63) is 47.7 Å². The number of hydrogen-bond donors (Lipinski definition) is 1. The van der Waals surface area contributed by atoms with Gasteiger partial charge < -0.3 is 4.90 Å². The van der Waals surface area contributed by atoms with E-state index in [2.05, 4.69) is 9.88 Å². The largest absolute Gasteiger partial charge is 0.340 e. The smallest absolute Gasteiger partial charge is 0.253 e. The van der Waals surface area contributed by atoms with Crippen LogP contribution in [-0.2, 0) is 21.1 Å². The standard InChI is InChI=1S/C27H35F2N5O3S/c1-19-7-8-20(17-32-13-9-22(10-14-32)33-12-4-6-25(33)35)15-24(19)38(36,37)31(2)26-23(5-3-11-30-26)34(38)18-21-16-27(21,28)29/h3,5,7-8,11,15,21-22H,4,6,9-10,12-14,16-18H2,1-2H3,(H,36,37). The minimum absolute atomic E-state index is 0.224. The summed E-state index contributed by atoms with van der Waals surface area (Å²) < 4.78 is 57.9. The number of halogens is 2. The fourth-order valence-corrected chi connectivity index (χ4v) is 9.52. The van der Waals surface area contributed by atoms with Crippen molar-refractivity contribution < 1.29 is 22.3 Å². The molecule has 0 bridgehead atoms. The highest BCUT2D eigenvalue weighted by atomic mass is 32.3. The van der Waals surface area contributed by atoms with E-state index in [1.54, 1.807) is 31.3 Å². The molecule has 1 atom stereocenters. The van der Waals surface area contributed by atoms with Crippen molar-refractivity contribution in [3.63, 3.8) is 0 Å². The zero-order valence-electron chi connectivity index (χ0n) is 21.9. The third-order valence-corrected chi connectivity index (χ3v) is 12.2. The van der Waals surface area contributed by atoms with Crippen LogP contribution in [0.1, 0.15) is 43.2 Å². The van der Waals surface area contributed by atoms with Crippen LogP contribution < -0.4 is 8.61 Å². The second-order valence-electron chi connectivity index (χ2n) is 11.2. The Hall–Kier alpha value is -2.63. The van der Waals surface area contributed by atoms with Gasteiger partial charge in [-0.2, -0.15) is 4.21 Å². The number of likely N-dealkylation sites (tertiary alicyclic amines) is 2. The molecule has 1 unspecified atom stereocenters. The lowest BCUT2D eigenvalue weighted by Crippen LogP contribution is -2.58. The summed E-state index contributed by atoms with van der Waals surface area (Å²) in [5.41, 5.74) is 1.89. The SMILES string of the molecule is Cc1ccc(CN2CCC(N3CCCC3=O)CC2)cc1S1(=O)(O)N(C)c2ncccc2N1CC1CC1(F)F. The molecule has 2 saturated heterocycles. The van der Waals surface area contributed by atoms with Gasteiger partial charge in [0.2, 0.25) is 5.91 Å². The number of rotatable bonds is 6. The number of anilines is 2. The van der Waals surface area contributed by atoms with Crippen LogP contribution in [0.5, 0.6) is 0 Å². The Bertz CT molecular complexity index is 1350. The van der Waals surface area contributed by atoms with E-state index in [0.29, 0.717) is 36.1 Å². The van der Waals surface area contributed by atoms with E-state index < -0.39 is 21.6 Å². The summed E-state index contributed by atoms with van der Waals surface area (Å²) in [5, 5.41) is 0. The van der Waals surface area contributed by atoms with Crippen molar-refractivity contribution in [1.82, 2.24) is 14.8 Å². The number of carbonyl (C=O) groups excluding carboxylic acids is 1. The quantitative estimate of drug-likeness (QED) is 0.590. The molecule has 4 aliphatic rings. The predicted octanol–water partition coefficient (Wildman–Crippen LogP) is 4.07. The number of piperidine rings is 1. The van der Waals surface area contributed by atoms with E-state index in [1.165, 1.54) is 15.7 Å². The van der Waals surface area contributed by atoms with Gasteiger partial charge in [-0.15, -0.1) is 0 Å². The molecule has 11 heteroatoms. The molecule has 3 fully saturated rings. The number of carbonyl (C=O) groups is 1. The van der Waals surface area contributed by atoms with Crippen LogP contribution in [0.15, 0.2) is 41.4 Å². The molecule has 1 aromatic heterocycles. The second-order valence-corrected chi connectivity index (χ2v) is 14.3. The minimum Gasteiger partial charge on any atom is -0.340 e. The fourth-order valence-electron chi connectivity index (χ4n) is 6.30. The third kappa shape index (κ3) is 3.93. The molecular weight excluding hydrogens is 512 g/mol. The highest BCUT2D eigenvalue weighted by Crippen LogP contribution is 2.57. The molecule has 0 radical (unpaired) electrons. The molecule has 1 aromatic carbocycles. The van der Waals surface area contributed by atoms with Gasteiger partial charge in [0.15, 0.2) is 5.82 Å². The average molecular weight is 548 g/mol. The van der Waals surface area contributed by atoms with Crippen LogP contribution in [0, 0.1) is 12.8 Å². The first-order valence-corrected chi connectivity index (χ1v) is 15.2. The lowest BCUT2D eigenvalue weighted by Gasteiger charge is -2.52. The van der Waals surface area contributed by atoms with Gasteiger partial charge in [0, 0.05) is 70.8 Å². The van der Waals surface area contributed by atoms with Gasteiger partial charge in [-0.1, -0.05) is 12.1 Å². The summed E-state index contributed by atoms with van der Waals surface area (Å²) >= 11 is 0. The summed E-state index contributed by atoms with van der Waals surface area (Å²) in [5.74, 6) is -3.24. The van der Waals surface area contributed by atoms with Gasteiger partial charge in [-0.25, -0.2) is 18.1 Å². The number of aromatic nitrogens is 1. The monoisotopic (exact) mass is 547 g/mol. The fraction of sp³-hybridized carbons (Fsp3) is 0.556. The number of nitrogens with zero attached hydrogens (tertiary/aromatic N) is 5. The van der Waals surface area contributed by atoms with Gasteiger partial charge >= 0.3 is 0 Å². The van der Waals surface area contributed by atoms with E-state index in [4.69, 9.17) is 0 Å². The Morgan fingerprint density at radius 1 is 1.18 bits per heavy atom. The highest BCUT2D eigenvalue weighted by molar-refractivity contribution is 8.17. The Kier molecular flexibility index (Phi) is 5.86. The van der Waals surface area contributed by atoms with Crippen LogP contribution in [-0.4, -0.2) is 74.6 Å². The van der Waals surface area contributed by atoms with Gasteiger partial charge in [-0.05, 0) is 65.2 Å². The molecule has 1 N–H and O–H groups in total. The van der Waals surface area contributed by atoms with Gasteiger partial charge in [0.05, 0.1) is 4.90 Å². The molecule has 1 amide bonds. The molecule has 2 aromatic rings. The van der Waals surface area contributed by atoms with Crippen LogP contribution in [0.25, 0.3) is 0 Å². The summed E-state index contributed by atoms with van der Waals surface area (Å²) in [6, 6.07) is 9.19. The topological polar surface area (TPSA) is 80.2 Å². The summed E-state index contributed by atoms with van der Waals surface area (Å²) in [6.45, 7) is 4.69. The first-order valence-electron chi connectivity index (χ1n) is 13.4. The molecule has 8 nitrogen and oxygen atoms in total. The van der Waals surface area contributed by atoms with Crippen molar-refractivity contribution in [2.75, 3.05) is 41.8 Å². The number of alkyl halides is 2. The normalized spacial score (nSPS) is 27.3. The molecule has 6 rings (SSSR count). The van der Waals surface area contributed by atoms with Crippen molar-refractivity contribution in [2.45, 2.75) is 62.4 Å². The molecule has 1 aliphatic carbocycles. The van der Waals surface area contributed by atoms with Crippen molar-refractivity contribution >= 4 is 27.1 Å². The predicted molar refractivity (Wildman–Crippen MR) is 143 cm³/mol. The lowest BCUT2D eigenvalue weighted by molar-refractivity contribution is -0.130. The summed E-state index contributed by atoms with van der Waals surface area (Å²) in [4.78, 5) is 21.1. The zero-order chi connectivity index (χ0) is 26.9. The van der Waals surface area contributed by atoms with Crippen LogP contribution in [0.3, 0.4) is 0 Å². The maximum Gasteiger partial charge on any atom is 0.253 e. The first kappa shape index (κ1) is 25.6. The minimum atomic E-state index is -4.99. The molecule has 206 valence electrons. The van der Waals surface area contributed by atoms with Crippen LogP contribution in [0.2, 0.25) is 0 Å². The van der Waals surface area contributed by atoms with E-state index in [-0.39, 0.29) is 23.8 Å². The Labute approximate surface area is 222 Å². The van der Waals surface area contributed by atoms with Crippen molar-refractivity contribution in [1.29, 1.82) is 0 Å². The van der Waals surface area contributed by atoms with Crippen LogP contribution in [0.4, 0.5) is 20.3 Å². The van der Waals surface area contributed by atoms with E-state index in [1.807, 2.05) is 17.0 Å². The Balaban J connectivity index is 1.28. The molecule has 1 saturated carbocycles. The molecule has 3 aliphatic heterocycles. The Morgan fingerprint density at radius 3 is 2.58 bits per heavy atom. The first-order chi connectivity index (χ1) is 18.0. The maximum absolute atomic E-state index is 15.0. The van der Waals surface area contributed by atoms with E-state index >= 15 is 4.21 Å². The van der Waals surface area contributed by atoms with Crippen molar-refractivity contribution in [2.24, 2.45) is 5.92 Å². The highest BCUT2D eigenvalue weighted by Gasteiger charge is 2.61. The molecule has 0 spiro atoms. The zero-order valence-corrected chi connectivity index (χ0v) is 22.7. The van der Waals surface area contributed by atoms with Crippen LogP contribution >= 0.6 is 0 Å². The molecular formula is C27H35F2N5O3S. The third-order valence-electron chi connectivity index (χ3n) is 8.72. The van der Waals surface area contributed by atoms with Gasteiger partial charge in [0.1, 0.15) is 5.69 Å². The number of fused-ring (bicyclic) bond motifs is 1. The number of benzene rings is 1. The molecule has 38 heavy (non-hydrogen) atoms. The van der Waals surface area contributed by atoms with Gasteiger partial charge in [-0.3, -0.25) is 18.6 Å².